The summed E-state index contributed by atoms with van der Waals surface area (Å²) in [4.78, 5) is 12.1. The molecule has 2 aliphatic rings. The van der Waals surface area contributed by atoms with Crippen molar-refractivity contribution in [3.05, 3.63) is 70.1 Å². The number of amidine groups is 1. The highest BCUT2D eigenvalue weighted by molar-refractivity contribution is 8.15. The first-order valence-corrected chi connectivity index (χ1v) is 9.75. The van der Waals surface area contributed by atoms with Gasteiger partial charge in [0.15, 0.2) is 5.17 Å². The van der Waals surface area contributed by atoms with E-state index in [0.29, 0.717) is 34.1 Å². The minimum Gasteiger partial charge on any atom is -0.378 e. The Bertz CT molecular complexity index is 1210. The number of hydrogen-bond donors (Lipinski definition) is 1. The standard InChI is InChI=1S/C22H16FN5S/c1-13-8-15(26-3)11-27-18(13)7-5-14-4-6-17(23)16(9-14)21(2)19-10-22(19,12-24)29-20(25)28-21/h4,6,8-9,11,19H,10H2,1-2H3,(H2,25,28)/t19-,21+,22+/m0/s1. The summed E-state index contributed by atoms with van der Waals surface area (Å²) in [7, 11) is 0. The van der Waals surface area contributed by atoms with Crippen molar-refractivity contribution in [2.75, 3.05) is 0 Å². The van der Waals surface area contributed by atoms with Gasteiger partial charge in [0.25, 0.3) is 0 Å². The molecule has 1 aliphatic heterocycles. The molecule has 0 amide bonds. The fourth-order valence-corrected chi connectivity index (χ4v) is 5.07. The van der Waals surface area contributed by atoms with Gasteiger partial charge < -0.3 is 5.73 Å². The van der Waals surface area contributed by atoms with Crippen LogP contribution in [-0.4, -0.2) is 14.9 Å². The van der Waals surface area contributed by atoms with Gasteiger partial charge in [0, 0.05) is 23.2 Å². The van der Waals surface area contributed by atoms with Crippen LogP contribution in [0.5, 0.6) is 0 Å². The van der Waals surface area contributed by atoms with Gasteiger partial charge in [-0.25, -0.2) is 9.24 Å². The number of halogens is 1. The number of aryl methyl sites for hydroxylation is 1. The van der Waals surface area contributed by atoms with Crippen molar-refractivity contribution >= 4 is 22.6 Å². The Morgan fingerprint density at radius 2 is 2.17 bits per heavy atom. The van der Waals surface area contributed by atoms with Crippen LogP contribution in [-0.2, 0) is 5.54 Å². The molecule has 1 aliphatic carbocycles. The van der Waals surface area contributed by atoms with E-state index < -0.39 is 16.1 Å². The third-order valence-electron chi connectivity index (χ3n) is 5.44. The lowest BCUT2D eigenvalue weighted by Crippen LogP contribution is -2.35. The predicted molar refractivity (Wildman–Crippen MR) is 111 cm³/mol. The molecule has 2 N–H and O–H groups in total. The van der Waals surface area contributed by atoms with Crippen molar-refractivity contribution in [1.29, 1.82) is 5.26 Å². The van der Waals surface area contributed by atoms with Gasteiger partial charge in [0.1, 0.15) is 16.3 Å². The molecule has 0 bridgehead atoms. The molecule has 0 radical (unpaired) electrons. The SMILES string of the molecule is [C-]#[N+]c1cnc(C#Cc2ccc(F)c([C@@]3(C)N=C(N)S[C@@]4(C#N)C[C@H]43)c2)c(C)c1. The first kappa shape index (κ1) is 19.0. The molecule has 29 heavy (non-hydrogen) atoms. The molecule has 1 saturated carbocycles. The average Bonchev–Trinajstić information content (AvgIpc) is 3.43. The van der Waals surface area contributed by atoms with Crippen LogP contribution in [0.25, 0.3) is 4.85 Å². The molecule has 1 fully saturated rings. The van der Waals surface area contributed by atoms with Crippen LogP contribution in [0.3, 0.4) is 0 Å². The fourth-order valence-electron chi connectivity index (χ4n) is 3.79. The van der Waals surface area contributed by atoms with Crippen LogP contribution in [0, 0.1) is 48.4 Å². The molecule has 0 saturated heterocycles. The zero-order chi connectivity index (χ0) is 20.8. The van der Waals surface area contributed by atoms with Gasteiger partial charge in [-0.15, -0.1) is 0 Å². The van der Waals surface area contributed by atoms with Crippen molar-refractivity contribution in [3.63, 3.8) is 0 Å². The molecule has 0 spiro atoms. The Kier molecular flexibility index (Phi) is 4.34. The van der Waals surface area contributed by atoms with E-state index >= 15 is 0 Å². The Balaban J connectivity index is 1.73. The summed E-state index contributed by atoms with van der Waals surface area (Å²) < 4.78 is 14.1. The van der Waals surface area contributed by atoms with Gasteiger partial charge in [0.05, 0.1) is 18.2 Å². The molecule has 7 heteroatoms. The van der Waals surface area contributed by atoms with E-state index in [2.05, 4.69) is 32.7 Å². The van der Waals surface area contributed by atoms with Crippen LogP contribution in [0.4, 0.5) is 10.1 Å². The minimum absolute atomic E-state index is 0.0971. The maximum absolute atomic E-state index is 14.8. The van der Waals surface area contributed by atoms with Crippen molar-refractivity contribution in [2.45, 2.75) is 30.6 Å². The summed E-state index contributed by atoms with van der Waals surface area (Å²) in [6, 6.07) is 8.71. The molecular weight excluding hydrogens is 385 g/mol. The van der Waals surface area contributed by atoms with E-state index in [0.717, 1.165) is 5.56 Å². The van der Waals surface area contributed by atoms with Crippen LogP contribution in [0.2, 0.25) is 0 Å². The largest absolute Gasteiger partial charge is 0.378 e. The number of hydrogen-bond acceptors (Lipinski definition) is 5. The van der Waals surface area contributed by atoms with Crippen LogP contribution < -0.4 is 5.73 Å². The highest BCUT2D eigenvalue weighted by Crippen LogP contribution is 2.65. The van der Waals surface area contributed by atoms with Gasteiger partial charge in [-0.05, 0) is 56.0 Å². The predicted octanol–water partition coefficient (Wildman–Crippen LogP) is 4.04. The van der Waals surface area contributed by atoms with Gasteiger partial charge in [-0.1, -0.05) is 17.7 Å². The molecule has 1 aromatic heterocycles. The van der Waals surface area contributed by atoms with E-state index in [9.17, 15) is 9.65 Å². The van der Waals surface area contributed by atoms with Gasteiger partial charge in [-0.2, -0.15) is 5.26 Å². The Hall–Kier alpha value is -3.34. The summed E-state index contributed by atoms with van der Waals surface area (Å²) in [5.74, 6) is 5.52. The summed E-state index contributed by atoms with van der Waals surface area (Å²) in [5, 5.41) is 9.87. The number of aliphatic imine (C=N–C) groups is 1. The number of benzene rings is 1. The highest BCUT2D eigenvalue weighted by Gasteiger charge is 2.67. The first-order chi connectivity index (χ1) is 13.8. The van der Waals surface area contributed by atoms with Crippen molar-refractivity contribution < 1.29 is 4.39 Å². The number of nitrogens with two attached hydrogens (primary N) is 1. The molecule has 142 valence electrons. The third-order valence-corrected chi connectivity index (χ3v) is 6.64. The molecule has 0 unspecified atom stereocenters. The van der Waals surface area contributed by atoms with Gasteiger partial charge in [-0.3, -0.25) is 9.98 Å². The molecule has 1 aromatic carbocycles. The Morgan fingerprint density at radius 1 is 1.38 bits per heavy atom. The number of nitriles is 1. The summed E-state index contributed by atoms with van der Waals surface area (Å²) in [5.41, 5.74) is 7.91. The van der Waals surface area contributed by atoms with Crippen molar-refractivity contribution in [1.82, 2.24) is 4.98 Å². The molecule has 5 nitrogen and oxygen atoms in total. The lowest BCUT2D eigenvalue weighted by atomic mass is 9.85. The summed E-state index contributed by atoms with van der Waals surface area (Å²) in [6.07, 6.45) is 2.10. The highest BCUT2D eigenvalue weighted by atomic mass is 32.2. The smallest absolute Gasteiger partial charge is 0.205 e. The second-order valence-corrected chi connectivity index (χ2v) is 8.72. The Morgan fingerprint density at radius 3 is 2.86 bits per heavy atom. The topological polar surface area (TPSA) is 79.4 Å². The number of pyridine rings is 1. The fraction of sp³-hybridized carbons (Fsp3) is 0.273. The van der Waals surface area contributed by atoms with E-state index in [1.54, 1.807) is 18.2 Å². The summed E-state index contributed by atoms with van der Waals surface area (Å²) >= 11 is 1.27. The molecular formula is C22H16FN5S. The average molecular weight is 401 g/mol. The van der Waals surface area contributed by atoms with E-state index in [1.165, 1.54) is 24.0 Å². The Labute approximate surface area is 172 Å². The molecule has 2 heterocycles. The van der Waals surface area contributed by atoms with Gasteiger partial charge in [0.2, 0.25) is 5.69 Å². The van der Waals surface area contributed by atoms with E-state index in [-0.39, 0.29) is 5.92 Å². The lowest BCUT2D eigenvalue weighted by Gasteiger charge is -2.32. The number of aromatic nitrogens is 1. The number of nitrogens with zero attached hydrogens (tertiary/aromatic N) is 4. The number of rotatable bonds is 1. The van der Waals surface area contributed by atoms with Crippen molar-refractivity contribution in [3.8, 4) is 17.9 Å². The minimum atomic E-state index is -0.904. The maximum Gasteiger partial charge on any atom is 0.205 e. The molecule has 2 aromatic rings. The van der Waals surface area contributed by atoms with Gasteiger partial charge >= 0.3 is 0 Å². The number of thioether (sulfide) groups is 1. The van der Waals surface area contributed by atoms with E-state index in [1.807, 2.05) is 13.8 Å². The van der Waals surface area contributed by atoms with Crippen LogP contribution >= 0.6 is 11.8 Å². The lowest BCUT2D eigenvalue weighted by molar-refractivity contribution is 0.400. The second-order valence-electron chi connectivity index (χ2n) is 7.37. The quantitative estimate of drug-likeness (QED) is 0.578. The first-order valence-electron chi connectivity index (χ1n) is 8.93. The van der Waals surface area contributed by atoms with E-state index in [4.69, 9.17) is 12.3 Å². The molecule has 3 atom stereocenters. The van der Waals surface area contributed by atoms with Crippen LogP contribution in [0.15, 0.2) is 35.5 Å². The molecule has 4 rings (SSSR count). The third kappa shape index (κ3) is 3.12. The zero-order valence-electron chi connectivity index (χ0n) is 15.8. The second kappa shape index (κ2) is 6.62. The maximum atomic E-state index is 14.8. The van der Waals surface area contributed by atoms with Crippen LogP contribution in [0.1, 0.15) is 35.7 Å². The number of fused-ring (bicyclic) bond motifs is 1. The zero-order valence-corrected chi connectivity index (χ0v) is 16.6. The summed E-state index contributed by atoms with van der Waals surface area (Å²) in [6.45, 7) is 10.7. The monoisotopic (exact) mass is 401 g/mol. The van der Waals surface area contributed by atoms with Crippen molar-refractivity contribution in [2.24, 2.45) is 16.6 Å². The normalized spacial score (nSPS) is 26.8.